The van der Waals surface area contributed by atoms with Crippen molar-refractivity contribution >= 4 is 10.1 Å². The van der Waals surface area contributed by atoms with Crippen LogP contribution < -0.4 is 0 Å². The first-order valence-electron chi connectivity index (χ1n) is 3.41. The second-order valence-corrected chi connectivity index (χ2v) is 4.21. The molecule has 62 valence electrons. The van der Waals surface area contributed by atoms with E-state index in [1.807, 2.05) is 0 Å². The third-order valence-corrected chi connectivity index (χ3v) is 1.77. The van der Waals surface area contributed by atoms with Crippen LogP contribution in [0.25, 0.3) is 0 Å². The topological polar surface area (TPSA) is 43.4 Å². The lowest BCUT2D eigenvalue weighted by molar-refractivity contribution is 0.367. The summed E-state index contributed by atoms with van der Waals surface area (Å²) in [4.78, 5) is 0. The Balaban J connectivity index is 2.19. The average molecular weight is 174 g/mol. The van der Waals surface area contributed by atoms with E-state index < -0.39 is 10.1 Å². The highest BCUT2D eigenvalue weighted by atomic mass is 32.2. The van der Waals surface area contributed by atoms with Crippen LogP contribution in [0.5, 0.6) is 0 Å². The quantitative estimate of drug-likeness (QED) is 0.449. The van der Waals surface area contributed by atoms with Gasteiger partial charge in [0.25, 0.3) is 10.1 Å². The zero-order valence-corrected chi connectivity index (χ0v) is 7.15. The highest BCUT2D eigenvalue weighted by Gasteiger charge is 2.17. The molecule has 0 aliphatic heterocycles. The molecule has 0 aromatic carbocycles. The molecule has 0 radical (unpaired) electrons. The van der Waals surface area contributed by atoms with Crippen molar-refractivity contribution in [2.45, 2.75) is 12.8 Å². The minimum Gasteiger partial charge on any atom is -0.257 e. The normalized spacial score (nSPS) is 17.2. The summed E-state index contributed by atoms with van der Waals surface area (Å²) in [6, 6.07) is 0. The molecule has 1 saturated carbocycles. The Morgan fingerprint density at radius 3 is 2.64 bits per heavy atom. The number of rotatable bonds is 2. The fourth-order valence-electron chi connectivity index (χ4n) is 0.550. The van der Waals surface area contributed by atoms with Crippen LogP contribution in [-0.4, -0.2) is 21.3 Å². The van der Waals surface area contributed by atoms with E-state index in [1.54, 1.807) is 0 Å². The highest BCUT2D eigenvalue weighted by molar-refractivity contribution is 7.85. The summed E-state index contributed by atoms with van der Waals surface area (Å²) >= 11 is 0. The molecule has 1 aliphatic rings. The van der Waals surface area contributed by atoms with Crippen LogP contribution >= 0.6 is 0 Å². The molecule has 0 unspecified atom stereocenters. The van der Waals surface area contributed by atoms with Crippen molar-refractivity contribution in [1.82, 2.24) is 0 Å². The van der Waals surface area contributed by atoms with Gasteiger partial charge in [0.15, 0.2) is 0 Å². The van der Waals surface area contributed by atoms with Crippen LogP contribution in [0.2, 0.25) is 0 Å². The maximum Gasteiger partial charge on any atom is 0.265 e. The van der Waals surface area contributed by atoms with Gasteiger partial charge in [0.05, 0.1) is 6.26 Å². The van der Waals surface area contributed by atoms with Gasteiger partial charge in [0, 0.05) is 5.92 Å². The Bertz CT molecular complexity index is 277. The number of hydrogen-bond donors (Lipinski definition) is 0. The van der Waals surface area contributed by atoms with Gasteiger partial charge < -0.3 is 0 Å². The summed E-state index contributed by atoms with van der Waals surface area (Å²) in [6.07, 6.45) is 3.31. The van der Waals surface area contributed by atoms with Gasteiger partial charge in [-0.05, 0) is 12.8 Å². The monoisotopic (exact) mass is 174 g/mol. The van der Waals surface area contributed by atoms with Gasteiger partial charge in [-0.1, -0.05) is 11.8 Å². The van der Waals surface area contributed by atoms with Crippen molar-refractivity contribution < 1.29 is 12.6 Å². The van der Waals surface area contributed by atoms with E-state index in [-0.39, 0.29) is 6.61 Å². The Morgan fingerprint density at radius 1 is 1.55 bits per heavy atom. The first-order chi connectivity index (χ1) is 5.08. The second-order valence-electron chi connectivity index (χ2n) is 2.56. The zero-order valence-electron chi connectivity index (χ0n) is 6.33. The lowest BCUT2D eigenvalue weighted by Crippen LogP contribution is -2.02. The predicted octanol–water partition coefficient (Wildman–Crippen LogP) is 0.376. The van der Waals surface area contributed by atoms with Gasteiger partial charge in [-0.15, -0.1) is 0 Å². The van der Waals surface area contributed by atoms with Crippen LogP contribution in [0.1, 0.15) is 12.8 Å². The van der Waals surface area contributed by atoms with Crippen molar-refractivity contribution in [2.24, 2.45) is 5.92 Å². The van der Waals surface area contributed by atoms with Gasteiger partial charge in [-0.2, -0.15) is 8.42 Å². The minimum absolute atomic E-state index is 0.00463. The van der Waals surface area contributed by atoms with Crippen molar-refractivity contribution in [3.63, 3.8) is 0 Å². The van der Waals surface area contributed by atoms with Crippen LogP contribution in [0.4, 0.5) is 0 Å². The fourth-order valence-corrected chi connectivity index (χ4v) is 0.823. The maximum atomic E-state index is 10.4. The largest absolute Gasteiger partial charge is 0.265 e. The molecule has 4 heteroatoms. The molecular formula is C7H10O3S. The second kappa shape index (κ2) is 3.24. The van der Waals surface area contributed by atoms with Crippen LogP contribution in [-0.2, 0) is 14.3 Å². The summed E-state index contributed by atoms with van der Waals surface area (Å²) in [5.74, 6) is 6.04. The Labute approximate surface area is 66.9 Å². The van der Waals surface area contributed by atoms with E-state index in [2.05, 4.69) is 16.0 Å². The number of hydrogen-bond acceptors (Lipinski definition) is 3. The molecule has 1 aliphatic carbocycles. The molecule has 1 rings (SSSR count). The molecule has 0 saturated heterocycles. The standard InChI is InChI=1S/C7H10O3S/c1-11(8,9)10-6-2-3-7-4-5-7/h7H,4-6H2,1H3. The van der Waals surface area contributed by atoms with Crippen LogP contribution in [0, 0.1) is 17.8 Å². The average Bonchev–Trinajstić information content (AvgIpc) is 2.60. The Hall–Kier alpha value is -0.530. The van der Waals surface area contributed by atoms with Crippen molar-refractivity contribution in [3.8, 4) is 11.8 Å². The summed E-state index contributed by atoms with van der Waals surface area (Å²) < 4.78 is 25.2. The van der Waals surface area contributed by atoms with Gasteiger partial charge in [-0.25, -0.2) is 0 Å². The van der Waals surface area contributed by atoms with Crippen LogP contribution in [0.15, 0.2) is 0 Å². The van der Waals surface area contributed by atoms with E-state index in [1.165, 1.54) is 0 Å². The summed E-state index contributed by atoms with van der Waals surface area (Å²) in [6.45, 7) is -0.00463. The molecule has 0 aromatic heterocycles. The minimum atomic E-state index is -3.30. The van der Waals surface area contributed by atoms with E-state index in [4.69, 9.17) is 0 Å². The summed E-state index contributed by atoms with van der Waals surface area (Å²) in [5.41, 5.74) is 0. The molecule has 0 atom stereocenters. The molecular weight excluding hydrogens is 164 g/mol. The zero-order chi connectivity index (χ0) is 8.32. The van der Waals surface area contributed by atoms with Crippen molar-refractivity contribution in [2.75, 3.05) is 12.9 Å². The van der Waals surface area contributed by atoms with E-state index in [0.717, 1.165) is 19.1 Å². The smallest absolute Gasteiger partial charge is 0.257 e. The SMILES string of the molecule is CS(=O)(=O)OCC#CC1CC1. The first-order valence-corrected chi connectivity index (χ1v) is 5.22. The lowest BCUT2D eigenvalue weighted by atomic mass is 10.4. The fraction of sp³-hybridized carbons (Fsp3) is 0.714. The molecule has 0 spiro atoms. The summed E-state index contributed by atoms with van der Waals surface area (Å²) in [7, 11) is -3.30. The predicted molar refractivity (Wildman–Crippen MR) is 41.3 cm³/mol. The highest BCUT2D eigenvalue weighted by Crippen LogP contribution is 2.27. The van der Waals surface area contributed by atoms with E-state index in [9.17, 15) is 8.42 Å². The van der Waals surface area contributed by atoms with Crippen molar-refractivity contribution in [1.29, 1.82) is 0 Å². The molecule has 3 nitrogen and oxygen atoms in total. The van der Waals surface area contributed by atoms with Gasteiger partial charge in [-0.3, -0.25) is 4.18 Å². The third kappa shape index (κ3) is 4.82. The molecule has 0 N–H and O–H groups in total. The molecule has 0 heterocycles. The van der Waals surface area contributed by atoms with Gasteiger partial charge in [0.2, 0.25) is 0 Å². The molecule has 0 amide bonds. The maximum absolute atomic E-state index is 10.4. The molecule has 1 fully saturated rings. The summed E-state index contributed by atoms with van der Waals surface area (Å²) in [5, 5.41) is 0. The van der Waals surface area contributed by atoms with E-state index in [0.29, 0.717) is 5.92 Å². The lowest BCUT2D eigenvalue weighted by Gasteiger charge is -1.91. The Kier molecular flexibility index (Phi) is 2.53. The van der Waals surface area contributed by atoms with Crippen LogP contribution in [0.3, 0.4) is 0 Å². The molecule has 0 bridgehead atoms. The first kappa shape index (κ1) is 8.57. The third-order valence-electron chi connectivity index (χ3n) is 1.23. The molecule has 0 aromatic rings. The molecule has 11 heavy (non-hydrogen) atoms. The van der Waals surface area contributed by atoms with Crippen molar-refractivity contribution in [3.05, 3.63) is 0 Å². The van der Waals surface area contributed by atoms with Gasteiger partial charge >= 0.3 is 0 Å². The Morgan fingerprint density at radius 2 is 2.18 bits per heavy atom. The van der Waals surface area contributed by atoms with Gasteiger partial charge in [0.1, 0.15) is 6.61 Å². The van der Waals surface area contributed by atoms with E-state index >= 15 is 0 Å².